The van der Waals surface area contributed by atoms with Gasteiger partial charge in [0.1, 0.15) is 0 Å². The standard InChI is InChI=1S/C11H21NO/c1-8(2)10-6-5-9(3)7-11(12-10)13-4/h8-10H,5-7H2,1-4H3/t9-,10+/m1/s1. The Bertz CT molecular complexity index is 187. The van der Waals surface area contributed by atoms with E-state index in [4.69, 9.17) is 4.74 Å². The van der Waals surface area contributed by atoms with E-state index in [1.165, 1.54) is 12.8 Å². The molecule has 0 saturated heterocycles. The summed E-state index contributed by atoms with van der Waals surface area (Å²) in [5.74, 6) is 2.31. The van der Waals surface area contributed by atoms with Crippen molar-refractivity contribution in [1.29, 1.82) is 0 Å². The molecule has 0 N–H and O–H groups in total. The van der Waals surface area contributed by atoms with Gasteiger partial charge in [0.25, 0.3) is 0 Å². The molecule has 0 saturated carbocycles. The molecule has 0 radical (unpaired) electrons. The fourth-order valence-corrected chi connectivity index (χ4v) is 1.78. The lowest BCUT2D eigenvalue weighted by Gasteiger charge is -2.14. The van der Waals surface area contributed by atoms with Crippen LogP contribution < -0.4 is 0 Å². The van der Waals surface area contributed by atoms with Crippen LogP contribution in [0.25, 0.3) is 0 Å². The number of hydrogen-bond acceptors (Lipinski definition) is 2. The lowest BCUT2D eigenvalue weighted by atomic mass is 9.96. The predicted molar refractivity (Wildman–Crippen MR) is 56.1 cm³/mol. The van der Waals surface area contributed by atoms with Gasteiger partial charge in [0, 0.05) is 6.42 Å². The van der Waals surface area contributed by atoms with Crippen molar-refractivity contribution in [3.05, 3.63) is 0 Å². The molecule has 1 rings (SSSR count). The minimum Gasteiger partial charge on any atom is -0.484 e. The second-order valence-electron chi connectivity index (χ2n) is 4.42. The van der Waals surface area contributed by atoms with Crippen molar-refractivity contribution in [2.45, 2.75) is 46.1 Å². The van der Waals surface area contributed by atoms with Gasteiger partial charge in [-0.15, -0.1) is 0 Å². The van der Waals surface area contributed by atoms with E-state index in [2.05, 4.69) is 25.8 Å². The summed E-state index contributed by atoms with van der Waals surface area (Å²) in [6.45, 7) is 6.74. The average molecular weight is 183 g/mol. The minimum atomic E-state index is 0.472. The first kappa shape index (κ1) is 10.6. The van der Waals surface area contributed by atoms with Crippen LogP contribution in [0.5, 0.6) is 0 Å². The normalized spacial score (nSPS) is 29.8. The molecule has 0 aromatic carbocycles. The zero-order valence-electron chi connectivity index (χ0n) is 9.21. The molecule has 1 aliphatic rings. The van der Waals surface area contributed by atoms with Gasteiger partial charge in [-0.3, -0.25) is 4.99 Å². The summed E-state index contributed by atoms with van der Waals surface area (Å²) in [7, 11) is 1.73. The van der Waals surface area contributed by atoms with Gasteiger partial charge >= 0.3 is 0 Å². The van der Waals surface area contributed by atoms with E-state index in [1.54, 1.807) is 7.11 Å². The molecule has 1 heterocycles. The minimum absolute atomic E-state index is 0.472. The Kier molecular flexibility index (Phi) is 3.76. The van der Waals surface area contributed by atoms with Crippen LogP contribution in [-0.2, 0) is 4.74 Å². The number of hydrogen-bond donors (Lipinski definition) is 0. The molecule has 2 atom stereocenters. The van der Waals surface area contributed by atoms with Crippen LogP contribution in [0.2, 0.25) is 0 Å². The number of aliphatic imine (C=N–C) groups is 1. The van der Waals surface area contributed by atoms with Crippen molar-refractivity contribution in [3.63, 3.8) is 0 Å². The van der Waals surface area contributed by atoms with Crippen LogP contribution in [0.4, 0.5) is 0 Å². The van der Waals surface area contributed by atoms with E-state index >= 15 is 0 Å². The van der Waals surface area contributed by atoms with E-state index in [9.17, 15) is 0 Å². The molecule has 1 aliphatic heterocycles. The lowest BCUT2D eigenvalue weighted by molar-refractivity contribution is 0.376. The molecule has 0 aliphatic carbocycles. The van der Waals surface area contributed by atoms with Crippen LogP contribution in [0, 0.1) is 11.8 Å². The Morgan fingerprint density at radius 3 is 2.62 bits per heavy atom. The maximum Gasteiger partial charge on any atom is 0.183 e. The third kappa shape index (κ3) is 3.02. The van der Waals surface area contributed by atoms with Crippen molar-refractivity contribution in [3.8, 4) is 0 Å². The summed E-state index contributed by atoms with van der Waals surface area (Å²) in [5.41, 5.74) is 0. The largest absolute Gasteiger partial charge is 0.484 e. The second kappa shape index (κ2) is 4.64. The molecule has 0 unspecified atom stereocenters. The van der Waals surface area contributed by atoms with Crippen LogP contribution >= 0.6 is 0 Å². The van der Waals surface area contributed by atoms with Gasteiger partial charge in [0.15, 0.2) is 5.90 Å². The van der Waals surface area contributed by atoms with Crippen molar-refractivity contribution in [2.75, 3.05) is 7.11 Å². The highest BCUT2D eigenvalue weighted by molar-refractivity contribution is 5.76. The Balaban J connectivity index is 2.67. The molecule has 2 heteroatoms. The monoisotopic (exact) mass is 183 g/mol. The Morgan fingerprint density at radius 2 is 2.08 bits per heavy atom. The lowest BCUT2D eigenvalue weighted by Crippen LogP contribution is -2.14. The van der Waals surface area contributed by atoms with Crippen LogP contribution in [0.15, 0.2) is 4.99 Å². The van der Waals surface area contributed by atoms with Crippen molar-refractivity contribution < 1.29 is 4.74 Å². The summed E-state index contributed by atoms with van der Waals surface area (Å²) >= 11 is 0. The van der Waals surface area contributed by atoms with Crippen molar-refractivity contribution >= 4 is 5.90 Å². The molecular formula is C11H21NO. The molecule has 0 spiro atoms. The van der Waals surface area contributed by atoms with E-state index in [0.717, 1.165) is 18.2 Å². The molecule has 76 valence electrons. The van der Waals surface area contributed by atoms with E-state index < -0.39 is 0 Å². The molecule has 0 bridgehead atoms. The molecule has 2 nitrogen and oxygen atoms in total. The van der Waals surface area contributed by atoms with Gasteiger partial charge in [-0.2, -0.15) is 0 Å². The van der Waals surface area contributed by atoms with E-state index in [0.29, 0.717) is 12.0 Å². The second-order valence-corrected chi connectivity index (χ2v) is 4.42. The molecular weight excluding hydrogens is 162 g/mol. The first-order valence-corrected chi connectivity index (χ1v) is 5.24. The first-order valence-electron chi connectivity index (χ1n) is 5.24. The van der Waals surface area contributed by atoms with Crippen LogP contribution in [0.1, 0.15) is 40.0 Å². The van der Waals surface area contributed by atoms with Gasteiger partial charge in [-0.05, 0) is 24.7 Å². The summed E-state index contributed by atoms with van der Waals surface area (Å²) in [6.07, 6.45) is 3.50. The predicted octanol–water partition coefficient (Wildman–Crippen LogP) is 2.88. The topological polar surface area (TPSA) is 21.6 Å². The molecule has 0 amide bonds. The Morgan fingerprint density at radius 1 is 1.38 bits per heavy atom. The summed E-state index contributed by atoms with van der Waals surface area (Å²) in [4.78, 5) is 4.64. The zero-order chi connectivity index (χ0) is 9.84. The molecule has 0 fully saturated rings. The van der Waals surface area contributed by atoms with Crippen LogP contribution in [-0.4, -0.2) is 19.0 Å². The highest BCUT2D eigenvalue weighted by atomic mass is 16.5. The fraction of sp³-hybridized carbons (Fsp3) is 0.909. The maximum atomic E-state index is 5.27. The van der Waals surface area contributed by atoms with Gasteiger partial charge < -0.3 is 4.74 Å². The SMILES string of the molecule is COC1=N[C@H](C(C)C)CC[C@@H](C)C1. The van der Waals surface area contributed by atoms with Crippen molar-refractivity contribution in [1.82, 2.24) is 0 Å². The van der Waals surface area contributed by atoms with Gasteiger partial charge in [-0.1, -0.05) is 20.8 Å². The van der Waals surface area contributed by atoms with Crippen LogP contribution in [0.3, 0.4) is 0 Å². The maximum absolute atomic E-state index is 5.27. The first-order chi connectivity index (χ1) is 6.13. The van der Waals surface area contributed by atoms with Gasteiger partial charge in [-0.25, -0.2) is 0 Å². The van der Waals surface area contributed by atoms with Gasteiger partial charge in [0.05, 0.1) is 13.2 Å². The highest BCUT2D eigenvalue weighted by Crippen LogP contribution is 2.23. The van der Waals surface area contributed by atoms with E-state index in [-0.39, 0.29) is 0 Å². The smallest absolute Gasteiger partial charge is 0.183 e. The average Bonchev–Trinajstić information content (AvgIpc) is 2.26. The quantitative estimate of drug-likeness (QED) is 0.612. The Hall–Kier alpha value is -0.530. The number of nitrogens with zero attached hydrogens (tertiary/aromatic N) is 1. The Labute approximate surface area is 81.4 Å². The fourth-order valence-electron chi connectivity index (χ4n) is 1.78. The third-order valence-electron chi connectivity index (χ3n) is 2.79. The summed E-state index contributed by atoms with van der Waals surface area (Å²) in [6, 6.07) is 0.472. The third-order valence-corrected chi connectivity index (χ3v) is 2.79. The zero-order valence-corrected chi connectivity index (χ0v) is 9.21. The van der Waals surface area contributed by atoms with E-state index in [1.807, 2.05) is 0 Å². The number of rotatable bonds is 1. The summed E-state index contributed by atoms with van der Waals surface area (Å²) < 4.78 is 5.27. The summed E-state index contributed by atoms with van der Waals surface area (Å²) in [5, 5.41) is 0. The van der Waals surface area contributed by atoms with Crippen molar-refractivity contribution in [2.24, 2.45) is 16.8 Å². The number of methoxy groups -OCH3 is 1. The highest BCUT2D eigenvalue weighted by Gasteiger charge is 2.20. The molecule has 13 heavy (non-hydrogen) atoms. The molecule has 0 aromatic heterocycles. The number of ether oxygens (including phenoxy) is 1. The molecule has 0 aromatic rings. The van der Waals surface area contributed by atoms with Gasteiger partial charge in [0.2, 0.25) is 0 Å².